The molecule has 4 heteroatoms. The number of likely N-dealkylation sites (N-methyl/N-ethyl adjacent to an activating group) is 1. The lowest BCUT2D eigenvalue weighted by atomic mass is 10.3. The molecule has 3 nitrogen and oxygen atoms in total. The van der Waals surface area contributed by atoms with Crippen molar-refractivity contribution in [2.75, 3.05) is 13.6 Å². The minimum absolute atomic E-state index is 0.539. The molecule has 0 atom stereocenters. The van der Waals surface area contributed by atoms with Gasteiger partial charge in [0.25, 0.3) is 0 Å². The minimum Gasteiger partial charge on any atom is -0.319 e. The molecule has 0 spiro atoms. The first kappa shape index (κ1) is 12.0. The monoisotopic (exact) mass is 247 g/mol. The van der Waals surface area contributed by atoms with Crippen LogP contribution in [0.3, 0.4) is 0 Å². The van der Waals surface area contributed by atoms with E-state index >= 15 is 0 Å². The predicted molar refractivity (Wildman–Crippen MR) is 71.2 cm³/mol. The van der Waals surface area contributed by atoms with Crippen molar-refractivity contribution in [3.05, 3.63) is 29.0 Å². The summed E-state index contributed by atoms with van der Waals surface area (Å²) in [4.78, 5) is 4.57. The molecule has 17 heavy (non-hydrogen) atoms. The zero-order chi connectivity index (χ0) is 12.3. The van der Waals surface area contributed by atoms with Crippen LogP contribution in [0.15, 0.2) is 18.2 Å². The number of hydrogen-bond donors (Lipinski definition) is 1. The molecule has 88 valence electrons. The van der Waals surface area contributed by atoms with Gasteiger partial charge < -0.3 is 9.88 Å². The van der Waals surface area contributed by atoms with Gasteiger partial charge in [0.05, 0.1) is 17.6 Å². The van der Waals surface area contributed by atoms with Gasteiger partial charge in [0.2, 0.25) is 0 Å². The second kappa shape index (κ2) is 5.22. The molecule has 0 bridgehead atoms. The Morgan fingerprint density at radius 3 is 3.06 bits per heavy atom. The Labute approximate surface area is 106 Å². The van der Waals surface area contributed by atoms with E-state index in [4.69, 9.17) is 18.0 Å². The number of fused-ring (bicyclic) bond motifs is 1. The molecule has 2 aromatic rings. The lowest BCUT2D eigenvalue weighted by Crippen LogP contribution is -2.14. The van der Waals surface area contributed by atoms with Gasteiger partial charge in [0.15, 0.2) is 0 Å². The number of nitrogens with one attached hydrogen (secondary N) is 1. The molecule has 0 aliphatic heterocycles. The molecule has 0 saturated heterocycles. The van der Waals surface area contributed by atoms with E-state index in [1.54, 1.807) is 0 Å². The number of aromatic nitrogens is 2. The van der Waals surface area contributed by atoms with Gasteiger partial charge in [-0.2, -0.15) is 0 Å². The van der Waals surface area contributed by atoms with E-state index in [0.29, 0.717) is 11.6 Å². The van der Waals surface area contributed by atoms with Crippen molar-refractivity contribution < 1.29 is 0 Å². The average Bonchev–Trinajstić information content (AvgIpc) is 2.64. The number of terminal acetylenes is 1. The molecule has 0 fully saturated rings. The highest BCUT2D eigenvalue weighted by molar-refractivity contribution is 6.31. The lowest BCUT2D eigenvalue weighted by Gasteiger charge is -2.04. The second-order valence-electron chi connectivity index (χ2n) is 3.80. The quantitative estimate of drug-likeness (QED) is 0.839. The highest BCUT2D eigenvalue weighted by atomic mass is 35.5. The van der Waals surface area contributed by atoms with Crippen molar-refractivity contribution >= 4 is 22.6 Å². The highest BCUT2D eigenvalue weighted by Crippen LogP contribution is 2.20. The largest absolute Gasteiger partial charge is 0.319 e. The maximum atomic E-state index is 5.96. The Bertz CT molecular complexity index is 566. The number of halogens is 1. The molecule has 1 aromatic heterocycles. The number of hydrogen-bond acceptors (Lipinski definition) is 2. The van der Waals surface area contributed by atoms with Gasteiger partial charge in [-0.25, -0.2) is 4.98 Å². The molecule has 2 rings (SSSR count). The fraction of sp³-hybridized carbons (Fsp3) is 0.308. The Balaban J connectivity index is 2.50. The number of nitrogens with zero attached hydrogens (tertiary/aromatic N) is 2. The molecule has 0 amide bonds. The van der Waals surface area contributed by atoms with Crippen molar-refractivity contribution in [1.29, 1.82) is 0 Å². The van der Waals surface area contributed by atoms with Crippen LogP contribution in [0.2, 0.25) is 5.02 Å². The number of benzene rings is 1. The molecule has 0 radical (unpaired) electrons. The summed E-state index contributed by atoms with van der Waals surface area (Å²) in [6.07, 6.45) is 6.25. The Morgan fingerprint density at radius 1 is 1.53 bits per heavy atom. The summed E-state index contributed by atoms with van der Waals surface area (Å²) < 4.78 is 2.06. The van der Waals surface area contributed by atoms with E-state index in [1.807, 2.05) is 25.2 Å². The minimum atomic E-state index is 0.539. The van der Waals surface area contributed by atoms with E-state index in [9.17, 15) is 0 Å². The maximum absolute atomic E-state index is 5.96. The first-order valence-electron chi connectivity index (χ1n) is 5.49. The number of imidazole rings is 1. The molecule has 1 N–H and O–H groups in total. The van der Waals surface area contributed by atoms with Crippen molar-refractivity contribution in [2.24, 2.45) is 0 Å². The van der Waals surface area contributed by atoms with Crippen LogP contribution in [0, 0.1) is 12.3 Å². The molecule has 0 unspecified atom stereocenters. The van der Waals surface area contributed by atoms with Gasteiger partial charge in [-0.3, -0.25) is 0 Å². The zero-order valence-electron chi connectivity index (χ0n) is 9.70. The highest BCUT2D eigenvalue weighted by Gasteiger charge is 2.09. The summed E-state index contributed by atoms with van der Waals surface area (Å²) in [6.45, 7) is 1.42. The summed E-state index contributed by atoms with van der Waals surface area (Å²) in [5, 5.41) is 3.81. The SMILES string of the molecule is C#CCn1c(CCNC)nc2cc(Cl)ccc21. The van der Waals surface area contributed by atoms with E-state index in [0.717, 1.165) is 29.8 Å². The smallest absolute Gasteiger partial charge is 0.111 e. The fourth-order valence-corrected chi connectivity index (χ4v) is 2.01. The summed E-state index contributed by atoms with van der Waals surface area (Å²) in [7, 11) is 1.92. The molecular weight excluding hydrogens is 234 g/mol. The molecule has 1 aromatic carbocycles. The van der Waals surface area contributed by atoms with Crippen LogP contribution in [0.5, 0.6) is 0 Å². The van der Waals surface area contributed by atoms with E-state index in [-0.39, 0.29) is 0 Å². The van der Waals surface area contributed by atoms with E-state index in [2.05, 4.69) is 20.8 Å². The topological polar surface area (TPSA) is 29.9 Å². The zero-order valence-corrected chi connectivity index (χ0v) is 10.5. The van der Waals surface area contributed by atoms with Crippen LogP contribution < -0.4 is 5.32 Å². The van der Waals surface area contributed by atoms with E-state index < -0.39 is 0 Å². The van der Waals surface area contributed by atoms with Gasteiger partial charge in [-0.05, 0) is 25.2 Å². The summed E-state index contributed by atoms with van der Waals surface area (Å²) in [5.41, 5.74) is 1.94. The summed E-state index contributed by atoms with van der Waals surface area (Å²) >= 11 is 5.96. The summed E-state index contributed by atoms with van der Waals surface area (Å²) in [5.74, 6) is 3.66. The van der Waals surface area contributed by atoms with Crippen molar-refractivity contribution in [1.82, 2.24) is 14.9 Å². The van der Waals surface area contributed by atoms with Crippen LogP contribution in [0.25, 0.3) is 11.0 Å². The lowest BCUT2D eigenvalue weighted by molar-refractivity contribution is 0.709. The van der Waals surface area contributed by atoms with Gasteiger partial charge in [-0.1, -0.05) is 17.5 Å². The molecular formula is C13H14ClN3. The standard InChI is InChI=1S/C13H14ClN3/c1-3-8-17-12-5-4-10(14)9-11(12)16-13(17)6-7-15-2/h1,4-5,9,15H,6-8H2,2H3. The van der Waals surface area contributed by atoms with E-state index in [1.165, 1.54) is 0 Å². The first-order valence-corrected chi connectivity index (χ1v) is 5.86. The van der Waals surface area contributed by atoms with Crippen LogP contribution in [-0.4, -0.2) is 23.1 Å². The maximum Gasteiger partial charge on any atom is 0.111 e. The van der Waals surface area contributed by atoms with Gasteiger partial charge in [0, 0.05) is 18.0 Å². The third kappa shape index (κ3) is 2.44. The Hall–Kier alpha value is -1.50. The molecule has 0 aliphatic rings. The van der Waals surface area contributed by atoms with Crippen LogP contribution in [0.1, 0.15) is 5.82 Å². The first-order chi connectivity index (χ1) is 8.26. The van der Waals surface area contributed by atoms with Gasteiger partial charge in [-0.15, -0.1) is 6.42 Å². The second-order valence-corrected chi connectivity index (χ2v) is 4.24. The average molecular weight is 248 g/mol. The van der Waals surface area contributed by atoms with Crippen molar-refractivity contribution in [3.63, 3.8) is 0 Å². The Kier molecular flexibility index (Phi) is 3.68. The van der Waals surface area contributed by atoms with Crippen molar-refractivity contribution in [3.8, 4) is 12.3 Å². The summed E-state index contributed by atoms with van der Waals surface area (Å²) in [6, 6.07) is 5.69. The third-order valence-corrected chi connectivity index (χ3v) is 2.87. The fourth-order valence-electron chi connectivity index (χ4n) is 1.85. The Morgan fingerprint density at radius 2 is 2.35 bits per heavy atom. The van der Waals surface area contributed by atoms with Crippen LogP contribution in [-0.2, 0) is 13.0 Å². The van der Waals surface area contributed by atoms with Gasteiger partial charge in [0.1, 0.15) is 5.82 Å². The van der Waals surface area contributed by atoms with Crippen LogP contribution >= 0.6 is 11.6 Å². The number of rotatable bonds is 4. The van der Waals surface area contributed by atoms with Gasteiger partial charge >= 0.3 is 0 Å². The van der Waals surface area contributed by atoms with Crippen LogP contribution in [0.4, 0.5) is 0 Å². The normalized spacial score (nSPS) is 10.6. The molecule has 0 aliphatic carbocycles. The predicted octanol–water partition coefficient (Wildman–Crippen LogP) is 2.08. The van der Waals surface area contributed by atoms with Crippen molar-refractivity contribution in [2.45, 2.75) is 13.0 Å². The third-order valence-electron chi connectivity index (χ3n) is 2.64. The molecule has 0 saturated carbocycles. The molecule has 1 heterocycles.